The summed E-state index contributed by atoms with van der Waals surface area (Å²) in [4.78, 5) is 7.99. The Bertz CT molecular complexity index is 2090. The monoisotopic (exact) mass is 820 g/mol. The third kappa shape index (κ3) is 4.70. The van der Waals surface area contributed by atoms with E-state index in [9.17, 15) is 0 Å². The summed E-state index contributed by atoms with van der Waals surface area (Å²) in [5, 5.41) is 0. The van der Waals surface area contributed by atoms with Crippen LogP contribution >= 0.6 is 57.2 Å². The van der Waals surface area contributed by atoms with Gasteiger partial charge in [-0.25, -0.2) is 4.99 Å². The number of benzene rings is 6. The highest BCUT2D eigenvalue weighted by atomic mass is 127. The Balaban J connectivity index is 1.38. The zero-order valence-electron chi connectivity index (χ0n) is 24.0. The molecule has 0 radical (unpaired) electrons. The summed E-state index contributed by atoms with van der Waals surface area (Å²) in [5.74, 6) is 0. The van der Waals surface area contributed by atoms with Crippen molar-refractivity contribution in [2.75, 3.05) is 0 Å². The van der Waals surface area contributed by atoms with Gasteiger partial charge in [-0.15, -0.1) is 0 Å². The number of halogens is 2. The van der Waals surface area contributed by atoms with Gasteiger partial charge in [-0.2, -0.15) is 0 Å². The van der Waals surface area contributed by atoms with Crippen LogP contribution < -0.4 is 3.53 Å². The fourth-order valence-electron chi connectivity index (χ4n) is 6.85. The Hall–Kier alpha value is -3.66. The minimum atomic E-state index is -0.408. The molecule has 0 unspecified atom stereocenters. The molecule has 0 saturated heterocycles. The van der Waals surface area contributed by atoms with Crippen LogP contribution in [0, 0.1) is 0 Å². The zero-order valence-corrected chi connectivity index (χ0v) is 29.2. The lowest BCUT2D eigenvalue weighted by Crippen LogP contribution is -2.32. The molecule has 1 heterocycles. The molecule has 0 aromatic heterocycles. The van der Waals surface area contributed by atoms with Gasteiger partial charge in [0.2, 0.25) is 0 Å². The summed E-state index contributed by atoms with van der Waals surface area (Å²) in [5.41, 5.74) is 12.7. The van der Waals surface area contributed by atoms with E-state index < -0.39 is 5.41 Å². The van der Waals surface area contributed by atoms with Crippen molar-refractivity contribution in [3.63, 3.8) is 0 Å². The molecule has 8 rings (SSSR count). The number of nitrogens with one attached hydrogen (secondary N) is 1. The SMILES string of the molecule is IN/C(=C(\N=C(I)c1ccc2c(c1)C1(c3ccccc3Sc3ccccc31)c1ccccc1-2)c1ccccc1)c1ccccc1. The molecule has 1 N–H and O–H groups in total. The van der Waals surface area contributed by atoms with Gasteiger partial charge in [0.15, 0.2) is 0 Å². The van der Waals surface area contributed by atoms with Gasteiger partial charge in [-0.1, -0.05) is 145 Å². The zero-order chi connectivity index (χ0) is 30.4. The van der Waals surface area contributed by atoms with Crippen molar-refractivity contribution in [1.82, 2.24) is 3.53 Å². The van der Waals surface area contributed by atoms with Crippen molar-refractivity contribution in [1.29, 1.82) is 0 Å². The molecule has 6 aromatic carbocycles. The molecule has 0 atom stereocenters. The van der Waals surface area contributed by atoms with Crippen LogP contribution in [0.15, 0.2) is 166 Å². The van der Waals surface area contributed by atoms with Crippen LogP contribution in [0.3, 0.4) is 0 Å². The van der Waals surface area contributed by atoms with Gasteiger partial charge in [0.05, 0.1) is 39.7 Å². The first-order valence-electron chi connectivity index (χ1n) is 14.8. The summed E-state index contributed by atoms with van der Waals surface area (Å²) in [6, 6.07) is 54.6. The van der Waals surface area contributed by atoms with Crippen molar-refractivity contribution in [2.24, 2.45) is 4.99 Å². The molecular formula is C40H26I2N2S. The molecule has 2 nitrogen and oxygen atoms in total. The third-order valence-electron chi connectivity index (χ3n) is 8.74. The topological polar surface area (TPSA) is 24.4 Å². The molecule has 0 amide bonds. The summed E-state index contributed by atoms with van der Waals surface area (Å²) in [7, 11) is 0. The van der Waals surface area contributed by atoms with E-state index in [4.69, 9.17) is 4.99 Å². The Morgan fingerprint density at radius 2 is 1.07 bits per heavy atom. The Morgan fingerprint density at radius 3 is 1.71 bits per heavy atom. The number of rotatable bonds is 5. The normalized spacial score (nSPS) is 14.6. The van der Waals surface area contributed by atoms with Crippen LogP contribution in [0.4, 0.5) is 0 Å². The second-order valence-electron chi connectivity index (χ2n) is 11.1. The maximum atomic E-state index is 5.37. The molecule has 6 aromatic rings. The highest BCUT2D eigenvalue weighted by molar-refractivity contribution is 14.1. The van der Waals surface area contributed by atoms with Crippen LogP contribution in [0.1, 0.15) is 38.9 Å². The molecule has 0 bridgehead atoms. The van der Waals surface area contributed by atoms with Crippen molar-refractivity contribution >= 4 is 72.3 Å². The molecule has 5 heteroatoms. The van der Waals surface area contributed by atoms with Gasteiger partial charge in [0.1, 0.15) is 3.72 Å². The van der Waals surface area contributed by atoms with Gasteiger partial charge in [0.25, 0.3) is 0 Å². The van der Waals surface area contributed by atoms with Crippen molar-refractivity contribution < 1.29 is 0 Å². The minimum absolute atomic E-state index is 0.408. The van der Waals surface area contributed by atoms with Gasteiger partial charge < -0.3 is 3.53 Å². The second-order valence-corrected chi connectivity index (χ2v) is 13.7. The van der Waals surface area contributed by atoms with Gasteiger partial charge >= 0.3 is 0 Å². The maximum Gasteiger partial charge on any atom is 0.109 e. The lowest BCUT2D eigenvalue weighted by atomic mass is 9.67. The van der Waals surface area contributed by atoms with Gasteiger partial charge in [-0.3, -0.25) is 0 Å². The third-order valence-corrected chi connectivity index (χ3v) is 11.3. The Labute approximate surface area is 295 Å². The highest BCUT2D eigenvalue weighted by Crippen LogP contribution is 2.62. The number of fused-ring (bicyclic) bond motifs is 9. The van der Waals surface area contributed by atoms with E-state index in [-0.39, 0.29) is 0 Å². The molecule has 0 saturated carbocycles. The van der Waals surface area contributed by atoms with E-state index in [2.05, 4.69) is 189 Å². The van der Waals surface area contributed by atoms with Gasteiger partial charge in [0, 0.05) is 26.5 Å². The molecule has 216 valence electrons. The van der Waals surface area contributed by atoms with Crippen molar-refractivity contribution in [2.45, 2.75) is 15.2 Å². The number of hydrogen-bond acceptors (Lipinski definition) is 3. The first-order valence-corrected chi connectivity index (χ1v) is 17.7. The highest BCUT2D eigenvalue weighted by Gasteiger charge is 2.50. The van der Waals surface area contributed by atoms with Crippen LogP contribution in [-0.4, -0.2) is 3.72 Å². The Kier molecular flexibility index (Phi) is 7.63. The summed E-state index contributed by atoms with van der Waals surface area (Å²) in [6.45, 7) is 0. The van der Waals surface area contributed by atoms with E-state index in [1.54, 1.807) is 0 Å². The summed E-state index contributed by atoms with van der Waals surface area (Å²) >= 11 is 6.52. The summed E-state index contributed by atoms with van der Waals surface area (Å²) in [6.07, 6.45) is 0. The number of hydrogen-bond donors (Lipinski definition) is 1. The minimum Gasteiger partial charge on any atom is -0.326 e. The first-order chi connectivity index (χ1) is 22.2. The van der Waals surface area contributed by atoms with E-state index in [0.717, 1.165) is 31.8 Å². The number of aliphatic imine (C=N–C) groups is 1. The molecule has 1 aliphatic carbocycles. The summed E-state index contributed by atoms with van der Waals surface area (Å²) < 4.78 is 4.37. The molecule has 45 heavy (non-hydrogen) atoms. The average molecular weight is 821 g/mol. The molecule has 1 spiro atoms. The Morgan fingerprint density at radius 1 is 0.533 bits per heavy atom. The standard InChI is InChI=1S/C40H26I2N2S/c41-39(43-37(26-13-3-1-4-14-26)38(44-42)27-15-5-2-6-16-27)28-23-24-30-29-17-7-8-18-31(29)40(34(30)25-28)32-19-9-11-21-35(32)45-36-22-12-10-20-33(36)40/h1-25,44H/b38-37-,43-39?. The molecule has 1 aliphatic heterocycles. The smallest absolute Gasteiger partial charge is 0.109 e. The number of nitrogens with zero attached hydrogens (tertiary/aromatic N) is 1. The largest absolute Gasteiger partial charge is 0.326 e. The predicted octanol–water partition coefficient (Wildman–Crippen LogP) is 11.2. The maximum absolute atomic E-state index is 5.37. The van der Waals surface area contributed by atoms with E-state index in [1.807, 2.05) is 23.9 Å². The molecule has 0 fully saturated rings. The van der Waals surface area contributed by atoms with Crippen LogP contribution in [-0.2, 0) is 5.41 Å². The molecular weight excluding hydrogens is 794 g/mol. The lowest BCUT2D eigenvalue weighted by molar-refractivity contribution is 0.722. The van der Waals surface area contributed by atoms with E-state index >= 15 is 0 Å². The van der Waals surface area contributed by atoms with Gasteiger partial charge in [-0.05, 0) is 74.2 Å². The van der Waals surface area contributed by atoms with Crippen molar-refractivity contribution in [3.05, 3.63) is 191 Å². The first kappa shape index (κ1) is 28.8. The quantitative estimate of drug-likeness (QED) is 0.0810. The van der Waals surface area contributed by atoms with E-state index in [1.165, 1.54) is 43.2 Å². The van der Waals surface area contributed by atoms with E-state index in [0.29, 0.717) is 0 Å². The fourth-order valence-corrected chi connectivity index (χ4v) is 9.18. The fraction of sp³-hybridized carbons (Fsp3) is 0.0250. The average Bonchev–Trinajstić information content (AvgIpc) is 3.39. The van der Waals surface area contributed by atoms with Crippen LogP contribution in [0.2, 0.25) is 0 Å². The van der Waals surface area contributed by atoms with Crippen LogP contribution in [0.5, 0.6) is 0 Å². The lowest BCUT2D eigenvalue weighted by Gasteiger charge is -2.39. The van der Waals surface area contributed by atoms with Crippen LogP contribution in [0.25, 0.3) is 22.5 Å². The second kappa shape index (κ2) is 11.9. The molecule has 2 aliphatic rings. The van der Waals surface area contributed by atoms with Crippen molar-refractivity contribution in [3.8, 4) is 11.1 Å². The predicted molar refractivity (Wildman–Crippen MR) is 205 cm³/mol.